The highest BCUT2D eigenvalue weighted by Crippen LogP contribution is 2.16. The minimum atomic E-state index is -1.54. The molecule has 1 aliphatic rings. The van der Waals surface area contributed by atoms with Crippen molar-refractivity contribution in [2.24, 2.45) is 5.73 Å². The highest BCUT2D eigenvalue weighted by Gasteiger charge is 2.28. The van der Waals surface area contributed by atoms with Crippen LogP contribution in [0.3, 0.4) is 0 Å². The molecule has 2 amide bonds. The van der Waals surface area contributed by atoms with Crippen LogP contribution in [-0.2, 0) is 17.8 Å². The van der Waals surface area contributed by atoms with E-state index in [0.717, 1.165) is 30.9 Å². The van der Waals surface area contributed by atoms with Gasteiger partial charge in [-0.15, -0.1) is 0 Å². The molecule has 0 unspecified atom stereocenters. The summed E-state index contributed by atoms with van der Waals surface area (Å²) in [6, 6.07) is 13.6. The molecule has 3 aromatic rings. The van der Waals surface area contributed by atoms with E-state index in [9.17, 15) is 14.7 Å². The summed E-state index contributed by atoms with van der Waals surface area (Å²) in [6.45, 7) is 2.88. The molecule has 4 rings (SSSR count). The third-order valence-corrected chi connectivity index (χ3v) is 6.01. The van der Waals surface area contributed by atoms with Crippen molar-refractivity contribution in [3.05, 3.63) is 77.7 Å². The molecular weight excluding hydrogens is 432 g/mol. The van der Waals surface area contributed by atoms with Gasteiger partial charge in [-0.05, 0) is 56.1 Å². The molecule has 9 heteroatoms. The second-order valence-electron chi connectivity index (χ2n) is 8.58. The maximum Gasteiger partial charge on any atom is 0.255 e. The average molecular weight is 463 g/mol. The first-order valence-electron chi connectivity index (χ1n) is 11.6. The second kappa shape index (κ2) is 11.0. The Balaban J connectivity index is 1.52. The van der Waals surface area contributed by atoms with Gasteiger partial charge in [0.2, 0.25) is 5.91 Å². The number of primary amides is 1. The predicted octanol–water partition coefficient (Wildman–Crippen LogP) is 1.44. The van der Waals surface area contributed by atoms with Gasteiger partial charge in [-0.2, -0.15) is 5.10 Å². The van der Waals surface area contributed by atoms with Gasteiger partial charge in [0, 0.05) is 18.9 Å². The number of pyridine rings is 1. The van der Waals surface area contributed by atoms with Gasteiger partial charge >= 0.3 is 0 Å². The molecule has 0 radical (unpaired) electrons. The summed E-state index contributed by atoms with van der Waals surface area (Å²) in [7, 11) is 0. The number of nitrogens with zero attached hydrogens (tertiary/aromatic N) is 4. The number of hydrogen-bond acceptors (Lipinski definition) is 6. The summed E-state index contributed by atoms with van der Waals surface area (Å²) in [5.74, 6) is -1.00. The smallest absolute Gasteiger partial charge is 0.255 e. The van der Waals surface area contributed by atoms with Gasteiger partial charge in [0.25, 0.3) is 5.91 Å². The van der Waals surface area contributed by atoms with Crippen molar-refractivity contribution < 1.29 is 14.7 Å². The van der Waals surface area contributed by atoms with E-state index in [2.05, 4.69) is 20.3 Å². The van der Waals surface area contributed by atoms with Crippen molar-refractivity contribution in [3.8, 4) is 5.82 Å². The number of aliphatic hydroxyl groups excluding tert-OH is 1. The first-order valence-corrected chi connectivity index (χ1v) is 11.6. The number of hydrogen-bond donors (Lipinski definition) is 3. The van der Waals surface area contributed by atoms with E-state index in [-0.39, 0.29) is 12.0 Å². The highest BCUT2D eigenvalue weighted by atomic mass is 16.3. The summed E-state index contributed by atoms with van der Waals surface area (Å²) >= 11 is 0. The number of rotatable bonds is 9. The number of carbonyl (C=O) groups excluding carboxylic acids is 2. The lowest BCUT2D eigenvalue weighted by Gasteiger charge is -2.25. The van der Waals surface area contributed by atoms with Crippen LogP contribution in [0.4, 0.5) is 0 Å². The number of nitrogens with two attached hydrogens (primary N) is 1. The van der Waals surface area contributed by atoms with Gasteiger partial charge in [0.15, 0.2) is 11.9 Å². The molecule has 0 saturated carbocycles. The van der Waals surface area contributed by atoms with Crippen molar-refractivity contribution in [2.75, 3.05) is 13.1 Å². The lowest BCUT2D eigenvalue weighted by Crippen LogP contribution is -2.50. The molecular formula is C25H30N6O3. The number of nitrogens with one attached hydrogen (secondary N) is 1. The molecule has 178 valence electrons. The van der Waals surface area contributed by atoms with Crippen molar-refractivity contribution in [3.63, 3.8) is 0 Å². The minimum absolute atomic E-state index is 0.244. The van der Waals surface area contributed by atoms with E-state index in [1.165, 1.54) is 19.3 Å². The average Bonchev–Trinajstić information content (AvgIpc) is 3.32. The minimum Gasteiger partial charge on any atom is -0.381 e. The maximum absolute atomic E-state index is 13.2. The molecule has 0 bridgehead atoms. The number of likely N-dealkylation sites (tertiary alicyclic amines) is 1. The third kappa shape index (κ3) is 5.86. The van der Waals surface area contributed by atoms with E-state index in [1.54, 1.807) is 29.2 Å². The summed E-state index contributed by atoms with van der Waals surface area (Å²) < 4.78 is 1.59. The molecule has 2 aromatic heterocycles. The van der Waals surface area contributed by atoms with Crippen molar-refractivity contribution >= 4 is 11.8 Å². The topological polar surface area (TPSA) is 126 Å². The van der Waals surface area contributed by atoms with Gasteiger partial charge in [0.1, 0.15) is 0 Å². The van der Waals surface area contributed by atoms with E-state index in [4.69, 9.17) is 5.73 Å². The molecule has 1 aromatic carbocycles. The molecule has 1 saturated heterocycles. The Morgan fingerprint density at radius 1 is 1.06 bits per heavy atom. The van der Waals surface area contributed by atoms with E-state index in [0.29, 0.717) is 5.82 Å². The fourth-order valence-corrected chi connectivity index (χ4v) is 4.22. The highest BCUT2D eigenvalue weighted by molar-refractivity contribution is 5.97. The quantitative estimate of drug-likeness (QED) is 0.442. The van der Waals surface area contributed by atoms with Gasteiger partial charge < -0.3 is 16.2 Å². The Morgan fingerprint density at radius 2 is 1.82 bits per heavy atom. The van der Waals surface area contributed by atoms with Crippen molar-refractivity contribution in [1.82, 2.24) is 25.0 Å². The molecule has 0 spiro atoms. The fourth-order valence-electron chi connectivity index (χ4n) is 4.22. The van der Waals surface area contributed by atoms with Crippen molar-refractivity contribution in [2.45, 2.75) is 44.4 Å². The van der Waals surface area contributed by atoms with Crippen LogP contribution < -0.4 is 11.1 Å². The number of benzene rings is 1. The first kappa shape index (κ1) is 23.6. The molecule has 34 heavy (non-hydrogen) atoms. The third-order valence-electron chi connectivity index (χ3n) is 6.01. The number of aliphatic hydroxyl groups is 1. The number of carbonyl (C=O) groups is 2. The van der Waals surface area contributed by atoms with Gasteiger partial charge in [-0.25, -0.2) is 9.67 Å². The first-order chi connectivity index (χ1) is 16.5. The van der Waals surface area contributed by atoms with Crippen LogP contribution in [0, 0.1) is 0 Å². The van der Waals surface area contributed by atoms with E-state index >= 15 is 0 Å². The van der Waals surface area contributed by atoms with Crippen LogP contribution in [0.5, 0.6) is 0 Å². The lowest BCUT2D eigenvalue weighted by atomic mass is 10.0. The Morgan fingerprint density at radius 3 is 2.56 bits per heavy atom. The monoisotopic (exact) mass is 462 g/mol. The molecule has 3 heterocycles. The van der Waals surface area contributed by atoms with Gasteiger partial charge in [0.05, 0.1) is 17.3 Å². The fraction of sp³-hybridized carbons (Fsp3) is 0.360. The number of piperidine rings is 1. The molecule has 4 N–H and O–H groups in total. The Hall–Kier alpha value is -3.56. The zero-order valence-corrected chi connectivity index (χ0v) is 19.0. The van der Waals surface area contributed by atoms with Crippen LogP contribution in [0.1, 0.15) is 40.9 Å². The molecule has 2 atom stereocenters. The maximum atomic E-state index is 13.2. The van der Waals surface area contributed by atoms with Crippen molar-refractivity contribution in [1.29, 1.82) is 0 Å². The second-order valence-corrected chi connectivity index (χ2v) is 8.58. The van der Waals surface area contributed by atoms with Crippen LogP contribution in [0.2, 0.25) is 0 Å². The summed E-state index contributed by atoms with van der Waals surface area (Å²) in [4.78, 5) is 31.7. The number of aromatic nitrogens is 3. The molecule has 0 aliphatic carbocycles. The SMILES string of the molecule is NC(=O)[C@H](O)[C@H](Cc1ccccc1)NC(=O)c1cccnc1-n1ccc(CN2CCCCC2)n1. The van der Waals surface area contributed by atoms with E-state index in [1.807, 2.05) is 36.4 Å². The van der Waals surface area contributed by atoms with Crippen LogP contribution in [0.15, 0.2) is 60.9 Å². The summed E-state index contributed by atoms with van der Waals surface area (Å²) in [5, 5.41) is 17.8. The van der Waals surface area contributed by atoms with Crippen LogP contribution >= 0.6 is 0 Å². The summed E-state index contributed by atoms with van der Waals surface area (Å²) in [6.07, 6.45) is 5.76. The normalized spacial score (nSPS) is 16.0. The van der Waals surface area contributed by atoms with Gasteiger partial charge in [-0.3, -0.25) is 14.5 Å². The predicted molar refractivity (Wildman–Crippen MR) is 127 cm³/mol. The Bertz CT molecular complexity index is 1110. The summed E-state index contributed by atoms with van der Waals surface area (Å²) in [5.41, 5.74) is 7.38. The zero-order valence-electron chi connectivity index (χ0n) is 19.0. The van der Waals surface area contributed by atoms with E-state index < -0.39 is 24.0 Å². The van der Waals surface area contributed by atoms with Crippen LogP contribution in [-0.4, -0.2) is 61.8 Å². The molecule has 1 aliphatic heterocycles. The lowest BCUT2D eigenvalue weighted by molar-refractivity contribution is -0.127. The largest absolute Gasteiger partial charge is 0.381 e. The Labute approximate surface area is 198 Å². The zero-order chi connectivity index (χ0) is 23.9. The van der Waals surface area contributed by atoms with Crippen LogP contribution in [0.25, 0.3) is 5.82 Å². The molecule has 9 nitrogen and oxygen atoms in total. The molecule has 1 fully saturated rings. The standard InChI is InChI=1S/C25H30N6O3/c26-23(33)22(32)21(16-18-8-3-1-4-9-18)28-25(34)20-10-7-12-27-24(20)31-15-11-19(29-31)17-30-13-5-2-6-14-30/h1,3-4,7-12,15,21-22,32H,2,5-6,13-14,16-17H2,(H2,26,33)(H,28,34)/t21-,22+/m0/s1. The number of amides is 2. The Kier molecular flexibility index (Phi) is 7.66. The van der Waals surface area contributed by atoms with Gasteiger partial charge in [-0.1, -0.05) is 36.8 Å².